The Bertz CT molecular complexity index is 1130. The van der Waals surface area contributed by atoms with Crippen molar-refractivity contribution in [1.82, 2.24) is 0 Å². The van der Waals surface area contributed by atoms with E-state index in [9.17, 15) is 9.59 Å². The number of hydrogen-bond donors (Lipinski definition) is 3. The SMILES string of the molecule is NC1(c2cccc(NC(=O)c3cc(Cl)cc(NC(=O)OCc4ccccc4)c3)c2)CCC1. The predicted molar refractivity (Wildman–Crippen MR) is 126 cm³/mol. The van der Waals surface area contributed by atoms with Crippen molar-refractivity contribution in [2.24, 2.45) is 5.73 Å². The molecule has 0 aromatic heterocycles. The second-order valence-corrected chi connectivity index (χ2v) is 8.40. The summed E-state index contributed by atoms with van der Waals surface area (Å²) in [5.74, 6) is -0.343. The molecule has 0 atom stereocenters. The van der Waals surface area contributed by atoms with E-state index >= 15 is 0 Å². The van der Waals surface area contributed by atoms with Gasteiger partial charge in [-0.05, 0) is 60.7 Å². The Morgan fingerprint density at radius 2 is 1.72 bits per heavy atom. The van der Waals surface area contributed by atoms with E-state index in [0.717, 1.165) is 30.4 Å². The Kier molecular flexibility index (Phi) is 6.44. The summed E-state index contributed by atoms with van der Waals surface area (Å²) in [5, 5.41) is 5.81. The van der Waals surface area contributed by atoms with Crippen LogP contribution in [0.5, 0.6) is 0 Å². The number of anilines is 2. The summed E-state index contributed by atoms with van der Waals surface area (Å²) in [4.78, 5) is 25.0. The number of rotatable bonds is 6. The number of benzene rings is 3. The Labute approximate surface area is 191 Å². The number of hydrogen-bond acceptors (Lipinski definition) is 4. The van der Waals surface area contributed by atoms with E-state index < -0.39 is 6.09 Å². The van der Waals surface area contributed by atoms with E-state index in [1.54, 1.807) is 12.1 Å². The van der Waals surface area contributed by atoms with Crippen molar-refractivity contribution in [3.8, 4) is 0 Å². The third-order valence-corrected chi connectivity index (χ3v) is 5.78. The highest BCUT2D eigenvalue weighted by molar-refractivity contribution is 6.31. The summed E-state index contributed by atoms with van der Waals surface area (Å²) in [6, 6.07) is 21.6. The van der Waals surface area contributed by atoms with Crippen LogP contribution in [0.2, 0.25) is 5.02 Å². The number of nitrogens with two attached hydrogens (primary N) is 1. The number of ether oxygens (including phenoxy) is 1. The smallest absolute Gasteiger partial charge is 0.411 e. The second kappa shape index (κ2) is 9.42. The van der Waals surface area contributed by atoms with Crippen LogP contribution in [-0.2, 0) is 16.9 Å². The van der Waals surface area contributed by atoms with Crippen molar-refractivity contribution in [2.45, 2.75) is 31.4 Å². The maximum Gasteiger partial charge on any atom is 0.411 e. The maximum atomic E-state index is 12.8. The zero-order valence-electron chi connectivity index (χ0n) is 17.4. The fourth-order valence-electron chi connectivity index (χ4n) is 3.63. The molecule has 6 nitrogen and oxygen atoms in total. The zero-order chi connectivity index (χ0) is 22.6. The molecule has 3 aromatic carbocycles. The highest BCUT2D eigenvalue weighted by Crippen LogP contribution is 2.39. The minimum atomic E-state index is -0.635. The third-order valence-electron chi connectivity index (χ3n) is 5.56. The van der Waals surface area contributed by atoms with Crippen LogP contribution in [0.3, 0.4) is 0 Å². The minimum absolute atomic E-state index is 0.138. The van der Waals surface area contributed by atoms with Crippen LogP contribution in [0.25, 0.3) is 0 Å². The first-order valence-corrected chi connectivity index (χ1v) is 10.8. The van der Waals surface area contributed by atoms with Crippen LogP contribution >= 0.6 is 11.6 Å². The summed E-state index contributed by atoms with van der Waals surface area (Å²) >= 11 is 6.18. The van der Waals surface area contributed by atoms with Crippen molar-refractivity contribution in [2.75, 3.05) is 10.6 Å². The van der Waals surface area contributed by atoms with Crippen LogP contribution in [-0.4, -0.2) is 12.0 Å². The molecule has 0 heterocycles. The normalized spacial score (nSPS) is 14.2. The lowest BCUT2D eigenvalue weighted by atomic mass is 9.73. The van der Waals surface area contributed by atoms with Gasteiger partial charge in [-0.1, -0.05) is 54.1 Å². The summed E-state index contributed by atoms with van der Waals surface area (Å²) in [5.41, 5.74) is 9.30. The van der Waals surface area contributed by atoms with Gasteiger partial charge < -0.3 is 15.8 Å². The minimum Gasteiger partial charge on any atom is -0.444 e. The molecule has 0 bridgehead atoms. The standard InChI is InChI=1S/C25H24ClN3O3/c26-20-12-18(13-22(15-20)29-24(31)32-16-17-6-2-1-3-7-17)23(30)28-21-9-4-8-19(14-21)25(27)10-5-11-25/h1-4,6-9,12-15H,5,10-11,16,27H2,(H,28,30)(H,29,31). The first-order valence-electron chi connectivity index (χ1n) is 10.4. The van der Waals surface area contributed by atoms with Crippen LogP contribution < -0.4 is 16.4 Å². The lowest BCUT2D eigenvalue weighted by molar-refractivity contribution is 0.102. The van der Waals surface area contributed by atoms with Crippen LogP contribution in [0, 0.1) is 0 Å². The van der Waals surface area contributed by atoms with Gasteiger partial charge in [-0.3, -0.25) is 10.1 Å². The molecule has 7 heteroatoms. The van der Waals surface area contributed by atoms with E-state index in [0.29, 0.717) is 22.0 Å². The topological polar surface area (TPSA) is 93.5 Å². The summed E-state index contributed by atoms with van der Waals surface area (Å²) in [6.07, 6.45) is 2.35. The number of amides is 2. The van der Waals surface area contributed by atoms with Gasteiger partial charge in [0.15, 0.2) is 0 Å². The lowest BCUT2D eigenvalue weighted by Gasteiger charge is -2.38. The largest absolute Gasteiger partial charge is 0.444 e. The molecule has 4 rings (SSSR count). The Balaban J connectivity index is 1.41. The molecule has 32 heavy (non-hydrogen) atoms. The zero-order valence-corrected chi connectivity index (χ0v) is 18.2. The molecule has 1 saturated carbocycles. The van der Waals surface area contributed by atoms with E-state index in [1.165, 1.54) is 6.07 Å². The van der Waals surface area contributed by atoms with Gasteiger partial charge in [0, 0.05) is 27.5 Å². The monoisotopic (exact) mass is 449 g/mol. The predicted octanol–water partition coefficient (Wildman–Crippen LogP) is 5.68. The van der Waals surface area contributed by atoms with Crippen molar-refractivity contribution in [3.63, 3.8) is 0 Å². The average molecular weight is 450 g/mol. The first kappa shape index (κ1) is 21.9. The van der Waals surface area contributed by atoms with Crippen LogP contribution in [0.4, 0.5) is 16.2 Å². The van der Waals surface area contributed by atoms with Crippen molar-refractivity contribution in [1.29, 1.82) is 0 Å². The van der Waals surface area contributed by atoms with Gasteiger partial charge in [0.2, 0.25) is 0 Å². The van der Waals surface area contributed by atoms with Crippen LogP contribution in [0.15, 0.2) is 72.8 Å². The van der Waals surface area contributed by atoms with E-state index in [2.05, 4.69) is 10.6 Å². The number of nitrogens with one attached hydrogen (secondary N) is 2. The van der Waals surface area contributed by atoms with Gasteiger partial charge in [-0.15, -0.1) is 0 Å². The third kappa shape index (κ3) is 5.28. The van der Waals surface area contributed by atoms with Crippen molar-refractivity contribution in [3.05, 3.63) is 94.5 Å². The molecule has 0 saturated heterocycles. The molecule has 0 radical (unpaired) electrons. The Morgan fingerprint density at radius 1 is 0.938 bits per heavy atom. The van der Waals surface area contributed by atoms with Crippen LogP contribution in [0.1, 0.15) is 40.7 Å². The Hall–Kier alpha value is -3.35. The first-order chi connectivity index (χ1) is 15.4. The molecular weight excluding hydrogens is 426 g/mol. The number of carbonyl (C=O) groups is 2. The number of carbonyl (C=O) groups excluding carboxylic acids is 2. The van der Waals surface area contributed by atoms with Gasteiger partial charge in [-0.25, -0.2) is 4.79 Å². The highest BCUT2D eigenvalue weighted by Gasteiger charge is 2.34. The molecule has 3 aromatic rings. The fraction of sp³-hybridized carbons (Fsp3) is 0.200. The molecule has 2 amide bonds. The molecule has 1 aliphatic carbocycles. The maximum absolute atomic E-state index is 12.8. The van der Waals surface area contributed by atoms with Crippen molar-refractivity contribution >= 4 is 35.0 Å². The summed E-state index contributed by atoms with van der Waals surface area (Å²) < 4.78 is 5.22. The molecule has 1 aliphatic rings. The molecule has 1 fully saturated rings. The molecule has 164 valence electrons. The molecule has 0 spiro atoms. The van der Waals surface area contributed by atoms with Crippen molar-refractivity contribution < 1.29 is 14.3 Å². The summed E-state index contributed by atoms with van der Waals surface area (Å²) in [7, 11) is 0. The second-order valence-electron chi connectivity index (χ2n) is 7.96. The van der Waals surface area contributed by atoms with Gasteiger partial charge in [0.1, 0.15) is 6.61 Å². The average Bonchev–Trinajstić information content (AvgIpc) is 2.76. The van der Waals surface area contributed by atoms with Gasteiger partial charge >= 0.3 is 6.09 Å². The quantitative estimate of drug-likeness (QED) is 0.451. The molecule has 4 N–H and O–H groups in total. The van der Waals surface area contributed by atoms with E-state index in [4.69, 9.17) is 22.1 Å². The van der Waals surface area contributed by atoms with Gasteiger partial charge in [-0.2, -0.15) is 0 Å². The van der Waals surface area contributed by atoms with Gasteiger partial charge in [0.25, 0.3) is 5.91 Å². The highest BCUT2D eigenvalue weighted by atomic mass is 35.5. The van der Waals surface area contributed by atoms with E-state index in [1.807, 2.05) is 54.6 Å². The lowest BCUT2D eigenvalue weighted by Crippen LogP contribution is -2.43. The molecule has 0 aliphatic heterocycles. The van der Waals surface area contributed by atoms with Gasteiger partial charge in [0.05, 0.1) is 0 Å². The molecule has 0 unspecified atom stereocenters. The Morgan fingerprint density at radius 3 is 2.44 bits per heavy atom. The number of halogens is 1. The molecular formula is C25H24ClN3O3. The summed E-state index contributed by atoms with van der Waals surface area (Å²) in [6.45, 7) is 0.138. The fourth-order valence-corrected chi connectivity index (χ4v) is 3.86. The van der Waals surface area contributed by atoms with E-state index in [-0.39, 0.29) is 18.1 Å².